The molecule has 2 heterocycles. The van der Waals surface area contributed by atoms with Gasteiger partial charge in [-0.05, 0) is 26.7 Å². The molecule has 1 aromatic heterocycles. The number of rotatable bonds is 4. The zero-order valence-electron chi connectivity index (χ0n) is 10.8. The zero-order chi connectivity index (χ0) is 13.0. The highest BCUT2D eigenvalue weighted by atomic mass is 16.5. The first-order valence-electron chi connectivity index (χ1n) is 6.32. The molecule has 0 amide bonds. The molecule has 0 aliphatic carbocycles. The smallest absolute Gasteiger partial charge is 0.242 e. The van der Waals surface area contributed by atoms with E-state index >= 15 is 0 Å². The molecule has 1 aliphatic heterocycles. The molecule has 2 rings (SSSR count). The maximum Gasteiger partial charge on any atom is 0.242 e. The van der Waals surface area contributed by atoms with Gasteiger partial charge in [-0.3, -0.25) is 0 Å². The first kappa shape index (κ1) is 12.9. The van der Waals surface area contributed by atoms with Gasteiger partial charge in [-0.25, -0.2) is 4.98 Å². The van der Waals surface area contributed by atoms with Gasteiger partial charge < -0.3 is 20.5 Å². The summed E-state index contributed by atoms with van der Waals surface area (Å²) < 4.78 is 10.9. The molecular weight excluding hydrogens is 232 g/mol. The van der Waals surface area contributed by atoms with Crippen LogP contribution in [0, 0.1) is 0 Å². The average molecular weight is 252 g/mol. The Balaban J connectivity index is 2.06. The number of nitrogens with one attached hydrogen (secondary N) is 1. The lowest BCUT2D eigenvalue weighted by atomic mass is 10.0. The second-order valence-electron chi connectivity index (χ2n) is 4.42. The molecular formula is C12H20N4O2. The Morgan fingerprint density at radius 1 is 1.56 bits per heavy atom. The van der Waals surface area contributed by atoms with Crippen molar-refractivity contribution < 1.29 is 9.47 Å². The molecule has 0 bridgehead atoms. The second-order valence-corrected chi connectivity index (χ2v) is 4.42. The monoisotopic (exact) mass is 252 g/mol. The predicted molar refractivity (Wildman–Crippen MR) is 69.7 cm³/mol. The standard InChI is InChI=1S/C12H20N4O2/c1-3-17-12-10(13)11(14-7-15-12)16-9-4-5-18-8(2)6-9/h7-9H,3-6,13H2,1-2H3,(H,14,15,16). The van der Waals surface area contributed by atoms with Crippen molar-refractivity contribution in [3.63, 3.8) is 0 Å². The molecule has 0 radical (unpaired) electrons. The molecule has 2 unspecified atom stereocenters. The van der Waals surface area contributed by atoms with E-state index in [2.05, 4.69) is 22.2 Å². The highest BCUT2D eigenvalue weighted by Crippen LogP contribution is 2.27. The molecule has 6 nitrogen and oxygen atoms in total. The lowest BCUT2D eigenvalue weighted by Gasteiger charge is -2.28. The Morgan fingerprint density at radius 2 is 2.39 bits per heavy atom. The minimum Gasteiger partial charge on any atom is -0.476 e. The maximum absolute atomic E-state index is 5.98. The van der Waals surface area contributed by atoms with Crippen molar-refractivity contribution in [3.8, 4) is 5.88 Å². The van der Waals surface area contributed by atoms with Crippen molar-refractivity contribution in [2.45, 2.75) is 38.8 Å². The highest BCUT2D eigenvalue weighted by molar-refractivity contribution is 5.66. The lowest BCUT2D eigenvalue weighted by Crippen LogP contribution is -2.33. The van der Waals surface area contributed by atoms with E-state index < -0.39 is 0 Å². The van der Waals surface area contributed by atoms with E-state index in [4.69, 9.17) is 15.2 Å². The fourth-order valence-electron chi connectivity index (χ4n) is 2.07. The summed E-state index contributed by atoms with van der Waals surface area (Å²) in [6, 6.07) is 0.334. The van der Waals surface area contributed by atoms with Gasteiger partial charge in [0.25, 0.3) is 0 Å². The van der Waals surface area contributed by atoms with Gasteiger partial charge in [-0.15, -0.1) is 0 Å². The molecule has 18 heavy (non-hydrogen) atoms. The summed E-state index contributed by atoms with van der Waals surface area (Å²) in [6.45, 7) is 5.27. The van der Waals surface area contributed by atoms with Crippen LogP contribution in [0.1, 0.15) is 26.7 Å². The third-order valence-electron chi connectivity index (χ3n) is 2.95. The largest absolute Gasteiger partial charge is 0.476 e. The molecule has 6 heteroatoms. The lowest BCUT2D eigenvalue weighted by molar-refractivity contribution is 0.0232. The van der Waals surface area contributed by atoms with Crippen LogP contribution in [0.15, 0.2) is 6.33 Å². The minimum atomic E-state index is 0.269. The van der Waals surface area contributed by atoms with E-state index in [0.717, 1.165) is 19.4 Å². The molecule has 0 aromatic carbocycles. The van der Waals surface area contributed by atoms with Crippen molar-refractivity contribution >= 4 is 11.5 Å². The zero-order valence-corrected chi connectivity index (χ0v) is 10.8. The molecule has 0 saturated carbocycles. The Hall–Kier alpha value is -1.56. The van der Waals surface area contributed by atoms with Crippen molar-refractivity contribution in [2.75, 3.05) is 24.3 Å². The molecule has 3 N–H and O–H groups in total. The SMILES string of the molecule is CCOc1ncnc(NC2CCOC(C)C2)c1N. The van der Waals surface area contributed by atoms with Crippen LogP contribution in [0.3, 0.4) is 0 Å². The number of ether oxygens (including phenoxy) is 2. The highest BCUT2D eigenvalue weighted by Gasteiger charge is 2.21. The van der Waals surface area contributed by atoms with Gasteiger partial charge >= 0.3 is 0 Å². The van der Waals surface area contributed by atoms with Gasteiger partial charge in [-0.2, -0.15) is 4.98 Å². The van der Waals surface area contributed by atoms with Gasteiger partial charge in [0.05, 0.1) is 12.7 Å². The van der Waals surface area contributed by atoms with Gasteiger partial charge in [0, 0.05) is 12.6 Å². The number of nitrogen functional groups attached to an aromatic ring is 1. The van der Waals surface area contributed by atoms with Crippen LogP contribution in [-0.4, -0.2) is 35.3 Å². The summed E-state index contributed by atoms with van der Waals surface area (Å²) in [7, 11) is 0. The second kappa shape index (κ2) is 5.86. The van der Waals surface area contributed by atoms with Crippen molar-refractivity contribution in [2.24, 2.45) is 0 Å². The average Bonchev–Trinajstić information content (AvgIpc) is 2.35. The fraction of sp³-hybridized carbons (Fsp3) is 0.667. The quantitative estimate of drug-likeness (QED) is 0.843. The Morgan fingerprint density at radius 3 is 3.11 bits per heavy atom. The van der Waals surface area contributed by atoms with Crippen LogP contribution in [0.25, 0.3) is 0 Å². The molecule has 1 saturated heterocycles. The third-order valence-corrected chi connectivity index (χ3v) is 2.95. The van der Waals surface area contributed by atoms with Crippen LogP contribution >= 0.6 is 0 Å². The number of aromatic nitrogens is 2. The summed E-state index contributed by atoms with van der Waals surface area (Å²) in [5, 5.41) is 3.34. The molecule has 0 spiro atoms. The van der Waals surface area contributed by atoms with Gasteiger partial charge in [0.2, 0.25) is 5.88 Å². The number of hydrogen-bond donors (Lipinski definition) is 2. The van der Waals surface area contributed by atoms with E-state index in [1.807, 2.05) is 6.92 Å². The van der Waals surface area contributed by atoms with Crippen LogP contribution in [0.4, 0.5) is 11.5 Å². The van der Waals surface area contributed by atoms with E-state index in [-0.39, 0.29) is 6.10 Å². The van der Waals surface area contributed by atoms with E-state index in [9.17, 15) is 0 Å². The van der Waals surface area contributed by atoms with Crippen LogP contribution in [0.2, 0.25) is 0 Å². The van der Waals surface area contributed by atoms with E-state index in [1.165, 1.54) is 6.33 Å². The first-order valence-corrected chi connectivity index (χ1v) is 6.32. The van der Waals surface area contributed by atoms with E-state index in [0.29, 0.717) is 30.0 Å². The summed E-state index contributed by atoms with van der Waals surface area (Å²) >= 11 is 0. The Bertz CT molecular complexity index is 400. The van der Waals surface area contributed by atoms with Crippen LogP contribution in [0.5, 0.6) is 5.88 Å². The Kier molecular flexibility index (Phi) is 4.19. The number of nitrogens with zero attached hydrogens (tertiary/aromatic N) is 2. The van der Waals surface area contributed by atoms with Gasteiger partial charge in [0.1, 0.15) is 12.0 Å². The number of nitrogens with two attached hydrogens (primary N) is 1. The van der Waals surface area contributed by atoms with Crippen molar-refractivity contribution in [3.05, 3.63) is 6.33 Å². The van der Waals surface area contributed by atoms with Crippen molar-refractivity contribution in [1.29, 1.82) is 0 Å². The Labute approximate surface area is 107 Å². The molecule has 2 atom stereocenters. The summed E-state index contributed by atoms with van der Waals surface area (Å²) in [5.74, 6) is 1.09. The van der Waals surface area contributed by atoms with E-state index in [1.54, 1.807) is 0 Å². The van der Waals surface area contributed by atoms with Gasteiger partial charge in [0.15, 0.2) is 5.82 Å². The van der Waals surface area contributed by atoms with Crippen molar-refractivity contribution in [1.82, 2.24) is 9.97 Å². The number of hydrogen-bond acceptors (Lipinski definition) is 6. The molecule has 100 valence electrons. The normalized spacial score (nSPS) is 23.7. The molecule has 1 aromatic rings. The van der Waals surface area contributed by atoms with Crippen LogP contribution in [-0.2, 0) is 4.74 Å². The summed E-state index contributed by atoms with van der Waals surface area (Å²) in [5.41, 5.74) is 6.45. The predicted octanol–water partition coefficient (Wildman–Crippen LogP) is 1.44. The summed E-state index contributed by atoms with van der Waals surface area (Å²) in [4.78, 5) is 8.19. The topological polar surface area (TPSA) is 82.3 Å². The number of anilines is 2. The molecule has 1 aliphatic rings. The first-order chi connectivity index (χ1) is 8.70. The van der Waals surface area contributed by atoms with Gasteiger partial charge in [-0.1, -0.05) is 0 Å². The van der Waals surface area contributed by atoms with Crippen LogP contribution < -0.4 is 15.8 Å². The summed E-state index contributed by atoms with van der Waals surface area (Å²) in [6.07, 6.45) is 3.64. The minimum absolute atomic E-state index is 0.269. The fourth-order valence-corrected chi connectivity index (χ4v) is 2.07. The third kappa shape index (κ3) is 3.01. The maximum atomic E-state index is 5.98. The molecule has 1 fully saturated rings.